The molecule has 0 spiro atoms. The van der Waals surface area contributed by atoms with Gasteiger partial charge in [0.2, 0.25) is 0 Å². The van der Waals surface area contributed by atoms with Crippen molar-refractivity contribution in [1.82, 2.24) is 14.0 Å². The quantitative estimate of drug-likeness (QED) is 0.740. The van der Waals surface area contributed by atoms with Gasteiger partial charge in [0.15, 0.2) is 0 Å². The first-order chi connectivity index (χ1) is 5.27. The molecule has 0 amide bonds. The maximum absolute atomic E-state index is 4.09. The molecule has 0 radical (unpaired) electrons. The Balaban J connectivity index is 2.90. The number of benzene rings is 1. The smallest absolute Gasteiger partial charge is 0.128 e. The minimum atomic E-state index is 0.865. The molecule has 11 heavy (non-hydrogen) atoms. The van der Waals surface area contributed by atoms with Gasteiger partial charge >= 0.3 is 0 Å². The molecule has 0 saturated carbocycles. The van der Waals surface area contributed by atoms with Gasteiger partial charge < -0.3 is 0 Å². The standard InChI is InChI=1S/C6H3Br2N3/c7-4-2-1-3-5-6(4)10-11(8)9-5/h1-3H. The molecular weight excluding hydrogens is 274 g/mol. The van der Waals surface area contributed by atoms with E-state index in [4.69, 9.17) is 0 Å². The SMILES string of the molecule is Brc1cccc2nn(Br)nc12. The Hall–Kier alpha value is -0.420. The number of rotatable bonds is 0. The number of aromatic nitrogens is 3. The van der Waals surface area contributed by atoms with Crippen molar-refractivity contribution >= 4 is 43.1 Å². The number of hydrogen-bond donors (Lipinski definition) is 0. The van der Waals surface area contributed by atoms with Crippen LogP contribution in [0, 0.1) is 0 Å². The third kappa shape index (κ3) is 1.18. The van der Waals surface area contributed by atoms with E-state index in [1.165, 1.54) is 3.82 Å². The van der Waals surface area contributed by atoms with Crippen LogP contribution in [0.15, 0.2) is 22.7 Å². The van der Waals surface area contributed by atoms with Gasteiger partial charge in [-0.05, 0) is 28.1 Å². The Kier molecular flexibility index (Phi) is 1.69. The first-order valence-corrected chi connectivity index (χ1v) is 4.45. The van der Waals surface area contributed by atoms with Gasteiger partial charge in [-0.3, -0.25) is 0 Å². The molecule has 1 aromatic heterocycles. The zero-order valence-electron chi connectivity index (χ0n) is 5.33. The molecule has 56 valence electrons. The molecule has 3 nitrogen and oxygen atoms in total. The number of nitrogens with zero attached hydrogens (tertiary/aromatic N) is 3. The van der Waals surface area contributed by atoms with Crippen molar-refractivity contribution in [2.24, 2.45) is 0 Å². The van der Waals surface area contributed by atoms with Crippen LogP contribution in [0.2, 0.25) is 0 Å². The van der Waals surface area contributed by atoms with Crippen molar-refractivity contribution in [3.63, 3.8) is 0 Å². The van der Waals surface area contributed by atoms with Crippen molar-refractivity contribution in [3.8, 4) is 0 Å². The highest BCUT2D eigenvalue weighted by atomic mass is 79.9. The van der Waals surface area contributed by atoms with Gasteiger partial charge in [-0.15, -0.1) is 14.0 Å². The summed E-state index contributed by atoms with van der Waals surface area (Å²) in [5.41, 5.74) is 1.74. The van der Waals surface area contributed by atoms with E-state index in [1.807, 2.05) is 18.2 Å². The second kappa shape index (κ2) is 2.57. The topological polar surface area (TPSA) is 30.7 Å². The Labute approximate surface area is 79.9 Å². The highest BCUT2D eigenvalue weighted by Gasteiger charge is 2.02. The molecule has 0 unspecified atom stereocenters. The first kappa shape index (κ1) is 7.24. The third-order valence-corrected chi connectivity index (χ3v) is 2.30. The van der Waals surface area contributed by atoms with Crippen LogP contribution in [0.5, 0.6) is 0 Å². The second-order valence-electron chi connectivity index (χ2n) is 2.05. The third-order valence-electron chi connectivity index (χ3n) is 1.34. The molecule has 0 aliphatic rings. The monoisotopic (exact) mass is 275 g/mol. The van der Waals surface area contributed by atoms with Gasteiger partial charge in [0.25, 0.3) is 0 Å². The average Bonchev–Trinajstić information content (AvgIpc) is 2.31. The summed E-state index contributed by atoms with van der Waals surface area (Å²) in [4.78, 5) is 0. The maximum Gasteiger partial charge on any atom is 0.128 e. The van der Waals surface area contributed by atoms with Crippen LogP contribution in [0.25, 0.3) is 11.0 Å². The maximum atomic E-state index is 4.09. The molecule has 1 heterocycles. The van der Waals surface area contributed by atoms with E-state index in [9.17, 15) is 0 Å². The number of fused-ring (bicyclic) bond motifs is 1. The molecule has 0 bridgehead atoms. The molecule has 0 fully saturated rings. The molecule has 2 aromatic rings. The van der Waals surface area contributed by atoms with Gasteiger partial charge in [0, 0.05) is 4.47 Å². The molecule has 1 aromatic carbocycles. The Morgan fingerprint density at radius 3 is 2.82 bits per heavy atom. The van der Waals surface area contributed by atoms with E-state index in [-0.39, 0.29) is 0 Å². The first-order valence-electron chi connectivity index (χ1n) is 2.95. The Bertz CT molecular complexity index is 396. The van der Waals surface area contributed by atoms with E-state index in [0.717, 1.165) is 15.5 Å². The van der Waals surface area contributed by atoms with Crippen LogP contribution < -0.4 is 0 Å². The molecule has 0 N–H and O–H groups in total. The summed E-state index contributed by atoms with van der Waals surface area (Å²) in [7, 11) is 0. The lowest BCUT2D eigenvalue weighted by molar-refractivity contribution is 0.901. The summed E-state index contributed by atoms with van der Waals surface area (Å²) >= 11 is 6.51. The normalized spacial score (nSPS) is 10.7. The van der Waals surface area contributed by atoms with E-state index < -0.39 is 0 Å². The minimum absolute atomic E-state index is 0.865. The fourth-order valence-corrected chi connectivity index (χ4v) is 1.64. The van der Waals surface area contributed by atoms with Gasteiger partial charge in [-0.1, -0.05) is 6.07 Å². The zero-order valence-corrected chi connectivity index (χ0v) is 8.50. The fraction of sp³-hybridized carbons (Fsp3) is 0. The summed E-state index contributed by atoms with van der Waals surface area (Å²) in [6.45, 7) is 0. The van der Waals surface area contributed by atoms with Crippen molar-refractivity contribution in [1.29, 1.82) is 0 Å². The van der Waals surface area contributed by atoms with Crippen LogP contribution in [-0.2, 0) is 0 Å². The van der Waals surface area contributed by atoms with Crippen molar-refractivity contribution < 1.29 is 0 Å². The van der Waals surface area contributed by atoms with Crippen LogP contribution in [0.3, 0.4) is 0 Å². The summed E-state index contributed by atoms with van der Waals surface area (Å²) in [6, 6.07) is 5.77. The minimum Gasteiger partial charge on any atom is -0.142 e. The highest BCUT2D eigenvalue weighted by Crippen LogP contribution is 2.20. The van der Waals surface area contributed by atoms with Crippen molar-refractivity contribution in [2.75, 3.05) is 0 Å². The van der Waals surface area contributed by atoms with Crippen LogP contribution in [-0.4, -0.2) is 14.0 Å². The van der Waals surface area contributed by atoms with E-state index in [2.05, 4.69) is 42.3 Å². The fourth-order valence-electron chi connectivity index (χ4n) is 0.877. The van der Waals surface area contributed by atoms with Crippen LogP contribution in [0.1, 0.15) is 0 Å². The molecule has 5 heteroatoms. The van der Waals surface area contributed by atoms with E-state index >= 15 is 0 Å². The Morgan fingerprint density at radius 1 is 1.27 bits per heavy atom. The molecule has 0 atom stereocenters. The number of halogens is 2. The summed E-state index contributed by atoms with van der Waals surface area (Å²) < 4.78 is 2.34. The lowest BCUT2D eigenvalue weighted by Crippen LogP contribution is -1.80. The lowest BCUT2D eigenvalue weighted by atomic mass is 10.3. The Morgan fingerprint density at radius 2 is 2.09 bits per heavy atom. The average molecular weight is 277 g/mol. The zero-order chi connectivity index (χ0) is 7.84. The summed E-state index contributed by atoms with van der Waals surface area (Å²) in [5, 5.41) is 8.15. The van der Waals surface area contributed by atoms with E-state index in [1.54, 1.807) is 0 Å². The molecule has 2 rings (SSSR count). The summed E-state index contributed by atoms with van der Waals surface area (Å²) in [6.07, 6.45) is 0. The van der Waals surface area contributed by atoms with Crippen molar-refractivity contribution in [2.45, 2.75) is 0 Å². The van der Waals surface area contributed by atoms with Gasteiger partial charge in [-0.2, -0.15) is 0 Å². The second-order valence-corrected chi connectivity index (χ2v) is 3.54. The van der Waals surface area contributed by atoms with Crippen LogP contribution in [0.4, 0.5) is 0 Å². The van der Waals surface area contributed by atoms with Gasteiger partial charge in [-0.25, -0.2) is 0 Å². The number of hydrogen-bond acceptors (Lipinski definition) is 2. The van der Waals surface area contributed by atoms with Crippen molar-refractivity contribution in [3.05, 3.63) is 22.7 Å². The summed E-state index contributed by atoms with van der Waals surface area (Å²) in [5.74, 6) is 0. The lowest BCUT2D eigenvalue weighted by Gasteiger charge is -1.86. The highest BCUT2D eigenvalue weighted by molar-refractivity contribution is 9.10. The predicted molar refractivity (Wildman–Crippen MR) is 49.6 cm³/mol. The van der Waals surface area contributed by atoms with Gasteiger partial charge in [0.1, 0.15) is 11.0 Å². The molecular formula is C6H3Br2N3. The molecule has 0 saturated heterocycles. The molecule has 0 aliphatic carbocycles. The predicted octanol–water partition coefficient (Wildman–Crippen LogP) is 2.35. The van der Waals surface area contributed by atoms with Gasteiger partial charge in [0.05, 0.1) is 16.1 Å². The van der Waals surface area contributed by atoms with E-state index in [0.29, 0.717) is 0 Å². The van der Waals surface area contributed by atoms with Crippen LogP contribution >= 0.6 is 32.1 Å². The molecule has 0 aliphatic heterocycles. The largest absolute Gasteiger partial charge is 0.142 e.